The van der Waals surface area contributed by atoms with Crippen molar-refractivity contribution in [2.75, 3.05) is 6.54 Å². The molecule has 16 heavy (non-hydrogen) atoms. The number of aliphatic carboxylic acids is 1. The van der Waals surface area contributed by atoms with E-state index in [1.807, 2.05) is 0 Å². The van der Waals surface area contributed by atoms with Crippen LogP contribution in [0.5, 0.6) is 0 Å². The molecule has 0 aromatic heterocycles. The zero-order valence-corrected chi connectivity index (χ0v) is 9.53. The average molecular weight is 231 g/mol. The molecule has 5 N–H and O–H groups in total. The SMILES string of the molecule is CC(C)(C)[C@@H](NC(=O)NCC(N)=O)C(=O)O. The van der Waals surface area contributed by atoms with E-state index < -0.39 is 29.4 Å². The van der Waals surface area contributed by atoms with Crippen molar-refractivity contribution in [1.29, 1.82) is 0 Å². The van der Waals surface area contributed by atoms with Crippen molar-refractivity contribution in [3.05, 3.63) is 0 Å². The topological polar surface area (TPSA) is 122 Å². The first kappa shape index (κ1) is 14.2. The standard InChI is InChI=1S/C9H17N3O4/c1-9(2,3)6(7(14)15)12-8(16)11-4-5(10)13/h6H,4H2,1-3H3,(H2,10,13)(H,14,15)(H2,11,12,16)/t6-/m0/s1. The van der Waals surface area contributed by atoms with E-state index >= 15 is 0 Å². The first-order valence-corrected chi connectivity index (χ1v) is 4.70. The van der Waals surface area contributed by atoms with Gasteiger partial charge in [0.2, 0.25) is 5.91 Å². The van der Waals surface area contributed by atoms with Crippen LogP contribution in [0.15, 0.2) is 0 Å². The van der Waals surface area contributed by atoms with Crippen molar-refractivity contribution in [2.24, 2.45) is 11.1 Å². The molecule has 0 unspecified atom stereocenters. The van der Waals surface area contributed by atoms with Crippen LogP contribution < -0.4 is 16.4 Å². The van der Waals surface area contributed by atoms with E-state index in [1.54, 1.807) is 20.8 Å². The van der Waals surface area contributed by atoms with E-state index in [0.717, 1.165) is 0 Å². The molecular weight excluding hydrogens is 214 g/mol. The van der Waals surface area contributed by atoms with E-state index in [2.05, 4.69) is 10.6 Å². The minimum atomic E-state index is -1.14. The number of nitrogens with two attached hydrogens (primary N) is 1. The lowest BCUT2D eigenvalue weighted by atomic mass is 9.87. The number of amides is 3. The van der Waals surface area contributed by atoms with Gasteiger partial charge in [-0.3, -0.25) is 4.79 Å². The van der Waals surface area contributed by atoms with E-state index in [0.29, 0.717) is 0 Å². The van der Waals surface area contributed by atoms with Crippen LogP contribution in [0.1, 0.15) is 20.8 Å². The minimum absolute atomic E-state index is 0.331. The Morgan fingerprint density at radius 2 is 1.81 bits per heavy atom. The molecule has 0 fully saturated rings. The third-order valence-electron chi connectivity index (χ3n) is 1.81. The summed E-state index contributed by atoms with van der Waals surface area (Å²) in [5, 5.41) is 13.3. The molecule has 0 rings (SSSR count). The van der Waals surface area contributed by atoms with Crippen LogP contribution in [0.4, 0.5) is 4.79 Å². The van der Waals surface area contributed by atoms with Crippen LogP contribution in [-0.4, -0.2) is 35.6 Å². The van der Waals surface area contributed by atoms with Crippen molar-refractivity contribution < 1.29 is 19.5 Å². The Hall–Kier alpha value is -1.79. The fourth-order valence-electron chi connectivity index (χ4n) is 0.998. The van der Waals surface area contributed by atoms with Gasteiger partial charge in [0.25, 0.3) is 0 Å². The monoisotopic (exact) mass is 231 g/mol. The number of hydrogen-bond acceptors (Lipinski definition) is 3. The first-order valence-electron chi connectivity index (χ1n) is 4.70. The molecule has 0 aromatic rings. The van der Waals surface area contributed by atoms with Gasteiger partial charge in [-0.15, -0.1) is 0 Å². The second-order valence-electron chi connectivity index (χ2n) is 4.43. The molecule has 0 saturated heterocycles. The molecule has 0 aliphatic heterocycles. The first-order chi connectivity index (χ1) is 7.14. The zero-order valence-electron chi connectivity index (χ0n) is 9.53. The number of primary amides is 1. The van der Waals surface area contributed by atoms with Crippen molar-refractivity contribution in [3.63, 3.8) is 0 Å². The summed E-state index contributed by atoms with van der Waals surface area (Å²) >= 11 is 0. The number of carbonyl (C=O) groups is 3. The Bertz CT molecular complexity index is 296. The van der Waals surface area contributed by atoms with Crippen LogP contribution in [0, 0.1) is 5.41 Å². The number of urea groups is 1. The van der Waals surface area contributed by atoms with Crippen LogP contribution in [0.3, 0.4) is 0 Å². The highest BCUT2D eigenvalue weighted by Gasteiger charge is 2.32. The fraction of sp³-hybridized carbons (Fsp3) is 0.667. The predicted molar refractivity (Wildman–Crippen MR) is 56.6 cm³/mol. The molecule has 0 bridgehead atoms. The summed E-state index contributed by atoms with van der Waals surface area (Å²) in [6.07, 6.45) is 0. The molecule has 7 nitrogen and oxygen atoms in total. The molecule has 0 aromatic carbocycles. The Morgan fingerprint density at radius 3 is 2.12 bits per heavy atom. The predicted octanol–water partition coefficient (Wildman–Crippen LogP) is -0.730. The molecule has 7 heteroatoms. The molecule has 0 radical (unpaired) electrons. The summed E-state index contributed by atoms with van der Waals surface area (Å²) in [7, 11) is 0. The van der Waals surface area contributed by atoms with Crippen molar-refractivity contribution in [3.8, 4) is 0 Å². The van der Waals surface area contributed by atoms with E-state index in [9.17, 15) is 14.4 Å². The van der Waals surface area contributed by atoms with Gasteiger partial charge in [0.1, 0.15) is 6.04 Å². The summed E-state index contributed by atoms with van der Waals surface area (Å²) in [6.45, 7) is 4.71. The third kappa shape index (κ3) is 5.18. The maximum atomic E-state index is 11.2. The summed E-state index contributed by atoms with van der Waals surface area (Å²) in [5.41, 5.74) is 4.19. The van der Waals surface area contributed by atoms with E-state index in [4.69, 9.17) is 10.8 Å². The lowest BCUT2D eigenvalue weighted by Crippen LogP contribution is -2.53. The molecule has 3 amide bonds. The number of nitrogens with one attached hydrogen (secondary N) is 2. The average Bonchev–Trinajstić information content (AvgIpc) is 2.08. The lowest BCUT2D eigenvalue weighted by Gasteiger charge is -2.27. The summed E-state index contributed by atoms with van der Waals surface area (Å²) in [5.74, 6) is -1.83. The van der Waals surface area contributed by atoms with Crippen molar-refractivity contribution in [1.82, 2.24) is 10.6 Å². The number of carbonyl (C=O) groups excluding carboxylic acids is 2. The van der Waals surface area contributed by atoms with Gasteiger partial charge in [0, 0.05) is 0 Å². The molecule has 0 aliphatic rings. The van der Waals surface area contributed by atoms with Gasteiger partial charge >= 0.3 is 12.0 Å². The molecule has 0 aliphatic carbocycles. The number of hydrogen-bond donors (Lipinski definition) is 4. The fourth-order valence-corrected chi connectivity index (χ4v) is 0.998. The minimum Gasteiger partial charge on any atom is -0.480 e. The smallest absolute Gasteiger partial charge is 0.326 e. The van der Waals surface area contributed by atoms with Gasteiger partial charge < -0.3 is 21.5 Å². The quantitative estimate of drug-likeness (QED) is 0.509. The number of carboxylic acids is 1. The summed E-state index contributed by atoms with van der Waals surface area (Å²) in [4.78, 5) is 32.5. The lowest BCUT2D eigenvalue weighted by molar-refractivity contribution is -0.141. The van der Waals surface area contributed by atoms with Crippen LogP contribution >= 0.6 is 0 Å². The largest absolute Gasteiger partial charge is 0.480 e. The molecule has 0 heterocycles. The van der Waals surface area contributed by atoms with Gasteiger partial charge in [-0.25, -0.2) is 9.59 Å². The molecule has 92 valence electrons. The Kier molecular flexibility index (Phi) is 4.74. The van der Waals surface area contributed by atoms with Gasteiger partial charge in [-0.05, 0) is 5.41 Å². The number of rotatable bonds is 4. The van der Waals surface area contributed by atoms with Gasteiger partial charge in [-0.2, -0.15) is 0 Å². The summed E-state index contributed by atoms with van der Waals surface area (Å²) < 4.78 is 0. The van der Waals surface area contributed by atoms with Crippen LogP contribution in [-0.2, 0) is 9.59 Å². The van der Waals surface area contributed by atoms with Crippen molar-refractivity contribution >= 4 is 17.9 Å². The highest BCUT2D eigenvalue weighted by molar-refractivity contribution is 5.86. The normalized spacial score (nSPS) is 12.7. The maximum absolute atomic E-state index is 11.2. The Morgan fingerprint density at radius 1 is 1.31 bits per heavy atom. The van der Waals surface area contributed by atoms with Crippen molar-refractivity contribution in [2.45, 2.75) is 26.8 Å². The molecule has 0 spiro atoms. The van der Waals surface area contributed by atoms with Gasteiger partial charge in [0.15, 0.2) is 0 Å². The Balaban J connectivity index is 4.37. The van der Waals surface area contributed by atoms with E-state index in [-0.39, 0.29) is 6.54 Å². The van der Waals surface area contributed by atoms with Gasteiger partial charge in [0.05, 0.1) is 6.54 Å². The van der Waals surface area contributed by atoms with Crippen LogP contribution in [0.2, 0.25) is 0 Å². The second-order valence-corrected chi connectivity index (χ2v) is 4.43. The maximum Gasteiger partial charge on any atom is 0.326 e. The third-order valence-corrected chi connectivity index (χ3v) is 1.81. The Labute approximate surface area is 93.4 Å². The zero-order chi connectivity index (χ0) is 12.9. The second kappa shape index (κ2) is 5.34. The molecule has 1 atom stereocenters. The van der Waals surface area contributed by atoms with Crippen LogP contribution in [0.25, 0.3) is 0 Å². The van der Waals surface area contributed by atoms with E-state index in [1.165, 1.54) is 0 Å². The molecule has 0 saturated carbocycles. The van der Waals surface area contributed by atoms with Gasteiger partial charge in [-0.1, -0.05) is 20.8 Å². The number of carboxylic acid groups (broad SMARTS) is 1. The highest BCUT2D eigenvalue weighted by atomic mass is 16.4. The molecular formula is C9H17N3O4. The summed E-state index contributed by atoms with van der Waals surface area (Å²) in [6, 6.07) is -1.78. The highest BCUT2D eigenvalue weighted by Crippen LogP contribution is 2.19.